The smallest absolute Gasteiger partial charge is 0.237 e. The Kier molecular flexibility index (Phi) is 4.46. The maximum atomic E-state index is 12.6. The quantitative estimate of drug-likeness (QED) is 0.739. The highest BCUT2D eigenvalue weighted by molar-refractivity contribution is 7.93. The van der Waals surface area contributed by atoms with Crippen molar-refractivity contribution in [1.29, 1.82) is 0 Å². The second-order valence-corrected chi connectivity index (χ2v) is 8.06. The second-order valence-electron chi connectivity index (χ2n) is 6.29. The molecule has 0 saturated heterocycles. The molecule has 7 heteroatoms. The van der Waals surface area contributed by atoms with Gasteiger partial charge in [-0.3, -0.25) is 0 Å². The largest absolute Gasteiger partial charge is 0.493 e. The van der Waals surface area contributed by atoms with Crippen LogP contribution in [0, 0.1) is 5.41 Å². The number of para-hydroxylation sites is 1. The number of fused-ring (bicyclic) bond motifs is 1. The molecule has 0 aromatic heterocycles. The summed E-state index contributed by atoms with van der Waals surface area (Å²) >= 11 is 0. The Bertz CT molecular complexity index is 701. The first-order valence-corrected chi connectivity index (χ1v) is 9.13. The molecule has 1 saturated carbocycles. The molecule has 126 valence electrons. The van der Waals surface area contributed by atoms with Crippen LogP contribution in [0.25, 0.3) is 6.08 Å². The van der Waals surface area contributed by atoms with Crippen molar-refractivity contribution < 1.29 is 23.4 Å². The average Bonchev–Trinajstić information content (AvgIpc) is 2.73. The molecule has 0 bridgehead atoms. The molecule has 3 N–H and O–H groups in total. The zero-order valence-electron chi connectivity index (χ0n) is 12.7. The monoisotopic (exact) mass is 339 g/mol. The van der Waals surface area contributed by atoms with Gasteiger partial charge in [0, 0.05) is 23.4 Å². The molecule has 1 aliphatic heterocycles. The normalized spacial score (nSPS) is 20.7. The summed E-state index contributed by atoms with van der Waals surface area (Å²) in [6.45, 7) is 0.0446. The average molecular weight is 339 g/mol. The van der Waals surface area contributed by atoms with E-state index in [4.69, 9.17) is 4.74 Å². The van der Waals surface area contributed by atoms with Gasteiger partial charge in [-0.05, 0) is 25.0 Å². The van der Waals surface area contributed by atoms with Crippen LogP contribution in [0.15, 0.2) is 29.2 Å². The van der Waals surface area contributed by atoms with Crippen molar-refractivity contribution in [3.8, 4) is 5.75 Å². The number of aliphatic hydroxyl groups is 2. The molecular weight excluding hydrogens is 318 g/mol. The minimum absolute atomic E-state index is 0.133. The summed E-state index contributed by atoms with van der Waals surface area (Å²) in [5.74, 6) is 0.681. The van der Waals surface area contributed by atoms with Crippen molar-refractivity contribution in [2.75, 3.05) is 19.8 Å². The predicted molar refractivity (Wildman–Crippen MR) is 86.2 cm³/mol. The molecule has 1 aromatic carbocycles. The van der Waals surface area contributed by atoms with Crippen molar-refractivity contribution in [2.45, 2.75) is 25.3 Å². The number of hydrogen-bond acceptors (Lipinski definition) is 5. The van der Waals surface area contributed by atoms with Gasteiger partial charge in [0.1, 0.15) is 5.75 Å². The predicted octanol–water partition coefficient (Wildman–Crippen LogP) is 0.863. The summed E-state index contributed by atoms with van der Waals surface area (Å²) < 4.78 is 33.4. The summed E-state index contributed by atoms with van der Waals surface area (Å²) in [4.78, 5) is 0.299. The van der Waals surface area contributed by atoms with Gasteiger partial charge in [-0.1, -0.05) is 18.2 Å². The van der Waals surface area contributed by atoms with Crippen LogP contribution in [-0.4, -0.2) is 44.5 Å². The van der Waals surface area contributed by atoms with Crippen LogP contribution >= 0.6 is 0 Å². The molecule has 1 aliphatic carbocycles. The zero-order chi connectivity index (χ0) is 16.5. The number of ether oxygens (including phenoxy) is 1. The Balaban J connectivity index is 1.75. The first kappa shape index (κ1) is 16.4. The molecule has 6 nitrogen and oxygen atoms in total. The Morgan fingerprint density at radius 3 is 2.61 bits per heavy atom. The van der Waals surface area contributed by atoms with E-state index in [9.17, 15) is 18.6 Å². The molecule has 0 radical (unpaired) electrons. The molecule has 2 aliphatic rings. The highest BCUT2D eigenvalue weighted by Gasteiger charge is 2.45. The van der Waals surface area contributed by atoms with Crippen molar-refractivity contribution in [1.82, 2.24) is 4.72 Å². The van der Waals surface area contributed by atoms with E-state index in [1.54, 1.807) is 6.08 Å². The number of benzene rings is 1. The van der Waals surface area contributed by atoms with Gasteiger partial charge in [0.15, 0.2) is 0 Å². The Morgan fingerprint density at radius 2 is 1.91 bits per heavy atom. The summed E-state index contributed by atoms with van der Waals surface area (Å²) in [5.41, 5.74) is 0.194. The summed E-state index contributed by atoms with van der Waals surface area (Å²) in [6.07, 6.45) is 2.84. The van der Waals surface area contributed by atoms with Crippen LogP contribution in [0.4, 0.5) is 0 Å². The minimum atomic E-state index is -3.61. The number of sulfonamides is 1. The number of aliphatic hydroxyl groups excluding tert-OH is 2. The molecule has 1 fully saturated rings. The second kappa shape index (κ2) is 6.24. The van der Waals surface area contributed by atoms with E-state index in [0.29, 0.717) is 36.5 Å². The van der Waals surface area contributed by atoms with E-state index in [-0.39, 0.29) is 19.3 Å². The lowest BCUT2D eigenvalue weighted by atomic mass is 9.67. The standard InChI is InChI=1S/C16H21NO5S/c18-10-16(11-19)8-13(9-16)17-23(20,21)14-5-6-22-15-4-2-1-3-12(15)7-14/h1-4,7,13,17-19H,5-6,8-11H2. The van der Waals surface area contributed by atoms with Gasteiger partial charge in [-0.15, -0.1) is 0 Å². The Hall–Kier alpha value is -1.41. The summed E-state index contributed by atoms with van der Waals surface area (Å²) in [7, 11) is -3.61. The van der Waals surface area contributed by atoms with Crippen LogP contribution in [0.1, 0.15) is 24.8 Å². The van der Waals surface area contributed by atoms with Crippen LogP contribution < -0.4 is 9.46 Å². The van der Waals surface area contributed by atoms with Crippen LogP contribution in [0.3, 0.4) is 0 Å². The van der Waals surface area contributed by atoms with E-state index in [1.165, 1.54) is 0 Å². The fourth-order valence-electron chi connectivity index (χ4n) is 3.12. The molecule has 1 aromatic rings. The third-order valence-corrected chi connectivity index (χ3v) is 6.19. The van der Waals surface area contributed by atoms with E-state index in [0.717, 1.165) is 5.56 Å². The lowest BCUT2D eigenvalue weighted by Crippen LogP contribution is -2.54. The third-order valence-electron chi connectivity index (χ3n) is 4.54. The molecule has 0 atom stereocenters. The minimum Gasteiger partial charge on any atom is -0.493 e. The van der Waals surface area contributed by atoms with E-state index in [1.807, 2.05) is 24.3 Å². The lowest BCUT2D eigenvalue weighted by Gasteiger charge is -2.45. The molecule has 0 spiro atoms. The SMILES string of the molecule is O=S(=O)(NC1CC(CO)(CO)C1)C1=Cc2ccccc2OCC1. The van der Waals surface area contributed by atoms with Crippen LogP contribution in [0.2, 0.25) is 0 Å². The summed E-state index contributed by atoms with van der Waals surface area (Å²) in [6, 6.07) is 7.08. The Labute approximate surface area is 135 Å². The van der Waals surface area contributed by atoms with E-state index in [2.05, 4.69) is 4.72 Å². The van der Waals surface area contributed by atoms with Gasteiger partial charge in [-0.25, -0.2) is 13.1 Å². The van der Waals surface area contributed by atoms with Crippen molar-refractivity contribution in [3.63, 3.8) is 0 Å². The Morgan fingerprint density at radius 1 is 1.22 bits per heavy atom. The molecule has 23 heavy (non-hydrogen) atoms. The van der Waals surface area contributed by atoms with Crippen molar-refractivity contribution in [3.05, 3.63) is 34.7 Å². The fourth-order valence-corrected chi connectivity index (χ4v) is 4.51. The highest BCUT2D eigenvalue weighted by Crippen LogP contribution is 2.41. The fraction of sp³-hybridized carbons (Fsp3) is 0.500. The first-order valence-electron chi connectivity index (χ1n) is 7.64. The van der Waals surface area contributed by atoms with Gasteiger partial charge in [0.25, 0.3) is 0 Å². The number of nitrogens with one attached hydrogen (secondary N) is 1. The van der Waals surface area contributed by atoms with Gasteiger partial charge in [0.05, 0.1) is 24.7 Å². The molecule has 0 amide bonds. The summed E-state index contributed by atoms with van der Waals surface area (Å²) in [5, 5.41) is 18.6. The molecular formula is C16H21NO5S. The van der Waals surface area contributed by atoms with E-state index >= 15 is 0 Å². The topological polar surface area (TPSA) is 95.9 Å². The van der Waals surface area contributed by atoms with Gasteiger partial charge >= 0.3 is 0 Å². The van der Waals surface area contributed by atoms with Crippen LogP contribution in [-0.2, 0) is 10.0 Å². The van der Waals surface area contributed by atoms with Crippen LogP contribution in [0.5, 0.6) is 5.75 Å². The number of rotatable bonds is 5. The third kappa shape index (κ3) is 3.28. The molecule has 3 rings (SSSR count). The molecule has 0 unspecified atom stereocenters. The maximum Gasteiger partial charge on any atom is 0.237 e. The van der Waals surface area contributed by atoms with Gasteiger partial charge in [-0.2, -0.15) is 0 Å². The first-order chi connectivity index (χ1) is 11.0. The maximum absolute atomic E-state index is 12.6. The van der Waals surface area contributed by atoms with Crippen molar-refractivity contribution >= 4 is 16.1 Å². The highest BCUT2D eigenvalue weighted by atomic mass is 32.2. The van der Waals surface area contributed by atoms with Gasteiger partial charge < -0.3 is 14.9 Å². The van der Waals surface area contributed by atoms with Gasteiger partial charge in [0.2, 0.25) is 10.0 Å². The van der Waals surface area contributed by atoms with E-state index < -0.39 is 15.4 Å². The van der Waals surface area contributed by atoms with Crippen molar-refractivity contribution in [2.24, 2.45) is 5.41 Å². The lowest BCUT2D eigenvalue weighted by molar-refractivity contribution is -0.0261. The molecule has 1 heterocycles. The zero-order valence-corrected chi connectivity index (χ0v) is 13.6. The number of hydrogen-bond donors (Lipinski definition) is 3.